The number of para-hydroxylation sites is 1. The molecule has 7 heteroatoms. The molecule has 0 unspecified atom stereocenters. The number of aromatic amines is 1. The van der Waals surface area contributed by atoms with Gasteiger partial charge in [0.1, 0.15) is 5.84 Å². The van der Waals surface area contributed by atoms with E-state index in [1.807, 2.05) is 47.5 Å². The van der Waals surface area contributed by atoms with Crippen molar-refractivity contribution in [2.75, 3.05) is 38.7 Å². The van der Waals surface area contributed by atoms with Crippen LogP contribution in [0.25, 0.3) is 10.9 Å². The standard InChI is InChI=1S/C24H27N5O2/c1-31-13-11-26-23-24(27-15-19-4-2-3-5-20(19)28-23)9-12-29(16-24)22(30)18-7-6-17-8-10-25-21(17)14-18/h2-8,10,14,25,27H,9,11-13,15-16H2,1H3,(H,26,28)/t24-/m0/s1. The summed E-state index contributed by atoms with van der Waals surface area (Å²) in [4.78, 5) is 23.3. The van der Waals surface area contributed by atoms with E-state index in [0.29, 0.717) is 31.8 Å². The highest BCUT2D eigenvalue weighted by Crippen LogP contribution is 2.30. The number of H-pyrrole nitrogens is 1. The van der Waals surface area contributed by atoms with Crippen LogP contribution in [0.1, 0.15) is 22.3 Å². The molecule has 7 nitrogen and oxygen atoms in total. The first-order valence-corrected chi connectivity index (χ1v) is 10.7. The molecule has 3 heterocycles. The smallest absolute Gasteiger partial charge is 0.254 e. The lowest BCUT2D eigenvalue weighted by molar-refractivity contribution is 0.0786. The molecule has 2 aliphatic rings. The first-order valence-electron chi connectivity index (χ1n) is 10.7. The summed E-state index contributed by atoms with van der Waals surface area (Å²) in [6, 6.07) is 16.1. The van der Waals surface area contributed by atoms with Crippen LogP contribution in [0, 0.1) is 0 Å². The van der Waals surface area contributed by atoms with Gasteiger partial charge in [0.05, 0.1) is 18.7 Å². The summed E-state index contributed by atoms with van der Waals surface area (Å²) in [6.45, 7) is 3.10. The number of hydrogen-bond acceptors (Lipinski definition) is 4. The molecule has 2 aliphatic heterocycles. The fraction of sp³-hybridized carbons (Fsp3) is 0.333. The summed E-state index contributed by atoms with van der Waals surface area (Å²) in [6.07, 6.45) is 2.70. The third kappa shape index (κ3) is 3.71. The molecule has 3 aromatic rings. The monoisotopic (exact) mass is 417 g/mol. The van der Waals surface area contributed by atoms with Gasteiger partial charge >= 0.3 is 0 Å². The zero-order valence-corrected chi connectivity index (χ0v) is 17.6. The number of likely N-dealkylation sites (tertiary alicyclic amines) is 1. The number of carbonyl (C=O) groups excluding carboxylic acids is 1. The first-order chi connectivity index (χ1) is 15.2. The fourth-order valence-corrected chi connectivity index (χ4v) is 4.52. The highest BCUT2D eigenvalue weighted by Gasteiger charge is 2.45. The number of amides is 1. The fourth-order valence-electron chi connectivity index (χ4n) is 4.52. The molecule has 1 fully saturated rings. The Morgan fingerprint density at radius 1 is 1.23 bits per heavy atom. The van der Waals surface area contributed by atoms with Crippen LogP contribution in [0.2, 0.25) is 0 Å². The maximum atomic E-state index is 13.3. The number of ether oxygens (including phenoxy) is 1. The van der Waals surface area contributed by atoms with Crippen molar-refractivity contribution < 1.29 is 9.53 Å². The summed E-state index contributed by atoms with van der Waals surface area (Å²) in [7, 11) is 1.68. The topological polar surface area (TPSA) is 81.8 Å². The number of nitrogens with one attached hydrogen (secondary N) is 3. The van der Waals surface area contributed by atoms with E-state index >= 15 is 0 Å². The average molecular weight is 418 g/mol. The number of nitrogens with zero attached hydrogens (tertiary/aromatic N) is 2. The number of anilines is 1. The Labute approximate surface area is 181 Å². The van der Waals surface area contributed by atoms with E-state index in [9.17, 15) is 4.79 Å². The van der Waals surface area contributed by atoms with Crippen LogP contribution in [-0.4, -0.2) is 60.5 Å². The van der Waals surface area contributed by atoms with Crippen LogP contribution in [0.5, 0.6) is 0 Å². The number of hydrogen-bond donors (Lipinski definition) is 3. The molecule has 31 heavy (non-hydrogen) atoms. The van der Waals surface area contributed by atoms with Gasteiger partial charge in [0.15, 0.2) is 0 Å². The molecular formula is C24H27N5O2. The summed E-state index contributed by atoms with van der Waals surface area (Å²) >= 11 is 0. The lowest BCUT2D eigenvalue weighted by Gasteiger charge is -2.30. The number of aromatic nitrogens is 1. The van der Waals surface area contributed by atoms with Crippen LogP contribution in [0.3, 0.4) is 0 Å². The van der Waals surface area contributed by atoms with E-state index < -0.39 is 5.54 Å². The van der Waals surface area contributed by atoms with Crippen LogP contribution in [-0.2, 0) is 11.3 Å². The second-order valence-electron chi connectivity index (χ2n) is 8.20. The van der Waals surface area contributed by atoms with Crippen molar-refractivity contribution in [3.8, 4) is 0 Å². The van der Waals surface area contributed by atoms with Gasteiger partial charge in [-0.1, -0.05) is 24.3 Å². The van der Waals surface area contributed by atoms with Gasteiger partial charge in [0, 0.05) is 49.7 Å². The summed E-state index contributed by atoms with van der Waals surface area (Å²) < 4.78 is 5.21. The second kappa shape index (κ2) is 8.17. The maximum Gasteiger partial charge on any atom is 0.254 e. The molecule has 1 aromatic heterocycles. The van der Waals surface area contributed by atoms with Gasteiger partial charge in [-0.25, -0.2) is 0 Å². The molecule has 1 atom stereocenters. The van der Waals surface area contributed by atoms with Crippen LogP contribution in [0.15, 0.2) is 59.7 Å². The van der Waals surface area contributed by atoms with E-state index in [4.69, 9.17) is 9.73 Å². The quantitative estimate of drug-likeness (QED) is 0.570. The molecule has 0 aliphatic carbocycles. The second-order valence-corrected chi connectivity index (χ2v) is 8.20. The van der Waals surface area contributed by atoms with Crippen LogP contribution >= 0.6 is 0 Å². The molecule has 1 amide bonds. The van der Waals surface area contributed by atoms with Crippen LogP contribution < -0.4 is 10.6 Å². The predicted octanol–water partition coefficient (Wildman–Crippen LogP) is 3.01. The molecule has 0 saturated carbocycles. The highest BCUT2D eigenvalue weighted by atomic mass is 16.5. The van der Waals surface area contributed by atoms with Gasteiger partial charge in [-0.2, -0.15) is 0 Å². The van der Waals surface area contributed by atoms with E-state index in [0.717, 1.165) is 35.4 Å². The zero-order chi connectivity index (χ0) is 21.3. The molecule has 160 valence electrons. The summed E-state index contributed by atoms with van der Waals surface area (Å²) in [5.74, 6) is 0.929. The SMILES string of the molecule is COCCN=C1Nc2ccccc2CN[C@]12CCN(C(=O)c1ccc3cc[nH]c3c1)C2. The largest absolute Gasteiger partial charge is 0.383 e. The summed E-state index contributed by atoms with van der Waals surface area (Å²) in [5.41, 5.74) is 3.53. The van der Waals surface area contributed by atoms with Crippen molar-refractivity contribution in [1.82, 2.24) is 15.2 Å². The van der Waals surface area contributed by atoms with Crippen molar-refractivity contribution >= 4 is 28.3 Å². The Kier molecular flexibility index (Phi) is 5.21. The third-order valence-electron chi connectivity index (χ3n) is 6.26. The van der Waals surface area contributed by atoms with E-state index in [-0.39, 0.29) is 5.91 Å². The van der Waals surface area contributed by atoms with Crippen molar-refractivity contribution in [2.24, 2.45) is 4.99 Å². The molecule has 1 spiro atoms. The third-order valence-corrected chi connectivity index (χ3v) is 6.26. The lowest BCUT2D eigenvalue weighted by atomic mass is 9.96. The van der Waals surface area contributed by atoms with E-state index in [1.165, 1.54) is 5.56 Å². The normalized spacial score (nSPS) is 22.0. The maximum absolute atomic E-state index is 13.3. The average Bonchev–Trinajstić information content (AvgIpc) is 3.41. The van der Waals surface area contributed by atoms with Crippen molar-refractivity contribution in [3.05, 3.63) is 65.9 Å². The van der Waals surface area contributed by atoms with Gasteiger partial charge in [0.25, 0.3) is 5.91 Å². The number of aliphatic imine (C=N–C) groups is 1. The molecule has 0 radical (unpaired) electrons. The Bertz CT molecular complexity index is 1140. The number of rotatable bonds is 4. The Hall–Kier alpha value is -3.16. The molecule has 0 bridgehead atoms. The molecule has 2 aromatic carbocycles. The lowest BCUT2D eigenvalue weighted by Crippen LogP contribution is -2.55. The Morgan fingerprint density at radius 2 is 2.13 bits per heavy atom. The number of methoxy groups -OCH3 is 1. The zero-order valence-electron chi connectivity index (χ0n) is 17.6. The van der Waals surface area contributed by atoms with Crippen molar-refractivity contribution in [2.45, 2.75) is 18.5 Å². The molecule has 3 N–H and O–H groups in total. The van der Waals surface area contributed by atoms with Gasteiger partial charge in [0.2, 0.25) is 0 Å². The molecule has 5 rings (SSSR count). The highest BCUT2D eigenvalue weighted by molar-refractivity contribution is 6.05. The van der Waals surface area contributed by atoms with E-state index in [1.54, 1.807) is 7.11 Å². The number of amidine groups is 1. The minimum atomic E-state index is -0.404. The van der Waals surface area contributed by atoms with Gasteiger partial charge in [-0.05, 0) is 41.6 Å². The predicted molar refractivity (Wildman–Crippen MR) is 123 cm³/mol. The van der Waals surface area contributed by atoms with Crippen LogP contribution in [0.4, 0.5) is 5.69 Å². The summed E-state index contributed by atoms with van der Waals surface area (Å²) in [5, 5.41) is 8.38. The van der Waals surface area contributed by atoms with Gasteiger partial charge in [-0.15, -0.1) is 0 Å². The van der Waals surface area contributed by atoms with Gasteiger partial charge in [-0.3, -0.25) is 15.1 Å². The first kappa shape index (κ1) is 19.8. The van der Waals surface area contributed by atoms with E-state index in [2.05, 4.69) is 27.8 Å². The number of benzene rings is 2. The number of fused-ring (bicyclic) bond motifs is 2. The molecular weight excluding hydrogens is 390 g/mol. The Balaban J connectivity index is 1.42. The van der Waals surface area contributed by atoms with Crippen molar-refractivity contribution in [3.63, 3.8) is 0 Å². The Morgan fingerprint density at radius 3 is 3.03 bits per heavy atom. The van der Waals surface area contributed by atoms with Gasteiger partial charge < -0.3 is 19.9 Å². The number of carbonyl (C=O) groups is 1. The minimum Gasteiger partial charge on any atom is -0.383 e. The van der Waals surface area contributed by atoms with Crippen molar-refractivity contribution in [1.29, 1.82) is 0 Å². The minimum absolute atomic E-state index is 0.0492. The molecule has 1 saturated heterocycles.